The summed E-state index contributed by atoms with van der Waals surface area (Å²) in [7, 11) is 1.92. The van der Waals surface area contributed by atoms with Crippen molar-refractivity contribution in [2.24, 2.45) is 0 Å². The zero-order valence-corrected chi connectivity index (χ0v) is 10.6. The lowest BCUT2D eigenvalue weighted by Gasteiger charge is -2.05. The first-order valence-corrected chi connectivity index (χ1v) is 5.50. The number of amides is 1. The average Bonchev–Trinajstić information content (AvgIpc) is 2.28. The molecule has 0 aliphatic rings. The number of hydrogen-bond acceptors (Lipinski definition) is 3. The molecule has 1 rings (SSSR count). The summed E-state index contributed by atoms with van der Waals surface area (Å²) in [6.45, 7) is 4.43. The Kier molecular flexibility index (Phi) is 8.60. The van der Waals surface area contributed by atoms with Crippen molar-refractivity contribution in [2.75, 3.05) is 7.05 Å². The molecule has 2 N–H and O–H groups in total. The first-order chi connectivity index (χ1) is 8.13. The van der Waals surface area contributed by atoms with E-state index in [-0.39, 0.29) is 5.91 Å². The highest BCUT2D eigenvalue weighted by Gasteiger charge is 1.96. The number of aldehydes is 1. The van der Waals surface area contributed by atoms with Gasteiger partial charge in [0.05, 0.1) is 0 Å². The van der Waals surface area contributed by atoms with Crippen LogP contribution in [0.1, 0.15) is 25.0 Å². The Morgan fingerprint density at radius 3 is 2.29 bits per heavy atom. The Hall–Kier alpha value is -1.68. The van der Waals surface area contributed by atoms with Crippen molar-refractivity contribution in [2.45, 2.75) is 26.9 Å². The van der Waals surface area contributed by atoms with E-state index in [0.717, 1.165) is 18.4 Å². The molecular formula is C13H20N2O2. The van der Waals surface area contributed by atoms with Gasteiger partial charge in [0.25, 0.3) is 0 Å². The molecule has 0 fully saturated rings. The Morgan fingerprint density at radius 2 is 1.82 bits per heavy atom. The van der Waals surface area contributed by atoms with Crippen molar-refractivity contribution in [3.05, 3.63) is 35.4 Å². The summed E-state index contributed by atoms with van der Waals surface area (Å²) in [5.41, 5.74) is 2.36. The molecule has 4 heteroatoms. The molecule has 0 unspecified atom stereocenters. The molecule has 4 nitrogen and oxygen atoms in total. The van der Waals surface area contributed by atoms with Gasteiger partial charge in [-0.1, -0.05) is 24.3 Å². The van der Waals surface area contributed by atoms with E-state index in [1.54, 1.807) is 0 Å². The van der Waals surface area contributed by atoms with E-state index >= 15 is 0 Å². The van der Waals surface area contributed by atoms with Crippen LogP contribution < -0.4 is 10.6 Å². The van der Waals surface area contributed by atoms with Crippen LogP contribution in [0.2, 0.25) is 0 Å². The molecule has 94 valence electrons. The maximum Gasteiger partial charge on any atom is 0.217 e. The molecule has 17 heavy (non-hydrogen) atoms. The van der Waals surface area contributed by atoms with Gasteiger partial charge in [-0.05, 0) is 25.1 Å². The number of nitrogens with one attached hydrogen (secondary N) is 2. The quantitative estimate of drug-likeness (QED) is 0.773. The van der Waals surface area contributed by atoms with Crippen LogP contribution in [0.5, 0.6) is 0 Å². The highest BCUT2D eigenvalue weighted by molar-refractivity contribution is 5.72. The zero-order valence-electron chi connectivity index (χ0n) is 10.6. The third-order valence-corrected chi connectivity index (χ3v) is 1.91. The normalized spacial score (nSPS) is 8.88. The molecule has 0 spiro atoms. The Bertz CT molecular complexity index is 351. The summed E-state index contributed by atoms with van der Waals surface area (Å²) >= 11 is 0. The number of rotatable bonds is 4. The van der Waals surface area contributed by atoms with E-state index in [4.69, 9.17) is 4.79 Å². The average molecular weight is 236 g/mol. The highest BCUT2D eigenvalue weighted by atomic mass is 16.1. The molecule has 0 aromatic heterocycles. The van der Waals surface area contributed by atoms with E-state index in [9.17, 15) is 4.79 Å². The minimum absolute atomic E-state index is 0.00372. The fourth-order valence-corrected chi connectivity index (χ4v) is 1.28. The lowest BCUT2D eigenvalue weighted by Crippen LogP contribution is -2.19. The highest BCUT2D eigenvalue weighted by Crippen LogP contribution is 2.04. The second kappa shape index (κ2) is 9.54. The summed E-state index contributed by atoms with van der Waals surface area (Å²) in [5.74, 6) is 0.00372. The lowest BCUT2D eigenvalue weighted by molar-refractivity contribution is -0.119. The monoisotopic (exact) mass is 236 g/mol. The molecule has 1 amide bonds. The predicted molar refractivity (Wildman–Crippen MR) is 68.5 cm³/mol. The van der Waals surface area contributed by atoms with Gasteiger partial charge in [0.15, 0.2) is 0 Å². The topological polar surface area (TPSA) is 58.2 Å². The van der Waals surface area contributed by atoms with E-state index in [1.165, 1.54) is 19.4 Å². The fourth-order valence-electron chi connectivity index (χ4n) is 1.28. The molecule has 0 radical (unpaired) electrons. The van der Waals surface area contributed by atoms with Crippen molar-refractivity contribution < 1.29 is 9.59 Å². The van der Waals surface area contributed by atoms with Gasteiger partial charge in [0, 0.05) is 20.0 Å². The SMILES string of the molecule is CC=O.CNCc1cccc(CNC(C)=O)c1. The Balaban J connectivity index is 0.000000770. The number of carbonyl (C=O) groups excluding carboxylic acids is 2. The number of carbonyl (C=O) groups is 2. The molecule has 0 atom stereocenters. The van der Waals surface area contributed by atoms with Crippen LogP contribution in [0, 0.1) is 0 Å². The summed E-state index contributed by atoms with van der Waals surface area (Å²) in [6.07, 6.45) is 0.750. The van der Waals surface area contributed by atoms with Gasteiger partial charge in [0.2, 0.25) is 5.91 Å². The van der Waals surface area contributed by atoms with Gasteiger partial charge in [-0.3, -0.25) is 4.79 Å². The molecular weight excluding hydrogens is 216 g/mol. The first kappa shape index (κ1) is 15.3. The molecule has 1 aromatic carbocycles. The molecule has 0 saturated heterocycles. The molecule has 0 aliphatic carbocycles. The van der Waals surface area contributed by atoms with Gasteiger partial charge >= 0.3 is 0 Å². The minimum Gasteiger partial charge on any atom is -0.352 e. The van der Waals surface area contributed by atoms with Crippen LogP contribution in [0.25, 0.3) is 0 Å². The minimum atomic E-state index is 0.00372. The second-order valence-corrected chi connectivity index (χ2v) is 3.50. The summed E-state index contributed by atoms with van der Waals surface area (Å²) < 4.78 is 0. The van der Waals surface area contributed by atoms with Crippen LogP contribution >= 0.6 is 0 Å². The maximum atomic E-state index is 10.7. The van der Waals surface area contributed by atoms with Crippen LogP contribution in [-0.2, 0) is 22.7 Å². The van der Waals surface area contributed by atoms with Crippen molar-refractivity contribution in [1.82, 2.24) is 10.6 Å². The van der Waals surface area contributed by atoms with E-state index in [0.29, 0.717) is 6.54 Å². The standard InChI is InChI=1S/C11H16N2O.C2H4O/c1-9(14)13-8-11-5-3-4-10(6-11)7-12-2;1-2-3/h3-6,12H,7-8H2,1-2H3,(H,13,14);2H,1H3. The van der Waals surface area contributed by atoms with E-state index in [2.05, 4.69) is 22.8 Å². The lowest BCUT2D eigenvalue weighted by atomic mass is 10.1. The zero-order chi connectivity index (χ0) is 13.1. The van der Waals surface area contributed by atoms with Crippen LogP contribution in [0.15, 0.2) is 24.3 Å². The van der Waals surface area contributed by atoms with Crippen molar-refractivity contribution >= 4 is 12.2 Å². The van der Waals surface area contributed by atoms with Gasteiger partial charge in [-0.2, -0.15) is 0 Å². The Labute approximate surface area is 102 Å². The first-order valence-electron chi connectivity index (χ1n) is 5.50. The van der Waals surface area contributed by atoms with Crippen LogP contribution in [0.4, 0.5) is 0 Å². The number of benzene rings is 1. The second-order valence-electron chi connectivity index (χ2n) is 3.50. The van der Waals surface area contributed by atoms with Crippen molar-refractivity contribution in [1.29, 1.82) is 0 Å². The third kappa shape index (κ3) is 8.16. The van der Waals surface area contributed by atoms with E-state index in [1.807, 2.05) is 19.2 Å². The van der Waals surface area contributed by atoms with Crippen molar-refractivity contribution in [3.63, 3.8) is 0 Å². The molecule has 1 aromatic rings. The van der Waals surface area contributed by atoms with Crippen molar-refractivity contribution in [3.8, 4) is 0 Å². The summed E-state index contributed by atoms with van der Waals surface area (Å²) in [6, 6.07) is 8.17. The maximum absolute atomic E-state index is 10.7. The van der Waals surface area contributed by atoms with E-state index < -0.39 is 0 Å². The van der Waals surface area contributed by atoms with Gasteiger partial charge in [-0.15, -0.1) is 0 Å². The molecule has 0 bridgehead atoms. The smallest absolute Gasteiger partial charge is 0.217 e. The van der Waals surface area contributed by atoms with Crippen LogP contribution in [0.3, 0.4) is 0 Å². The molecule has 0 saturated carbocycles. The predicted octanol–water partition coefficient (Wildman–Crippen LogP) is 1.25. The van der Waals surface area contributed by atoms with Gasteiger partial charge in [-0.25, -0.2) is 0 Å². The fraction of sp³-hybridized carbons (Fsp3) is 0.385. The Morgan fingerprint density at radius 1 is 1.29 bits per heavy atom. The summed E-state index contributed by atoms with van der Waals surface area (Å²) in [5, 5.41) is 5.86. The molecule has 0 heterocycles. The molecule has 0 aliphatic heterocycles. The third-order valence-electron chi connectivity index (χ3n) is 1.91. The summed E-state index contributed by atoms with van der Waals surface area (Å²) in [4.78, 5) is 19.5. The van der Waals surface area contributed by atoms with Gasteiger partial charge < -0.3 is 15.4 Å². The number of hydrogen-bond donors (Lipinski definition) is 2. The largest absolute Gasteiger partial charge is 0.352 e. The van der Waals surface area contributed by atoms with Crippen LogP contribution in [-0.4, -0.2) is 19.2 Å². The van der Waals surface area contributed by atoms with Gasteiger partial charge in [0.1, 0.15) is 6.29 Å².